The number of fused-ring (bicyclic) bond motifs is 6. The van der Waals surface area contributed by atoms with Gasteiger partial charge in [0.15, 0.2) is 0 Å². The van der Waals surface area contributed by atoms with Crippen molar-refractivity contribution in [2.24, 2.45) is 0 Å². The maximum absolute atomic E-state index is 4.41. The molecule has 0 N–H and O–H groups in total. The fourth-order valence-corrected chi connectivity index (χ4v) is 8.77. The van der Waals surface area contributed by atoms with E-state index in [1.54, 1.807) is 0 Å². The molecule has 60 heavy (non-hydrogen) atoms. The monoisotopic (exact) mass is 772 g/mol. The van der Waals surface area contributed by atoms with Crippen LogP contribution in [0.3, 0.4) is 0 Å². The van der Waals surface area contributed by atoms with E-state index in [1.165, 1.54) is 38.1 Å². The zero-order chi connectivity index (χ0) is 40.7. The lowest BCUT2D eigenvalue weighted by Crippen LogP contribution is -2.14. The molecule has 0 spiro atoms. The van der Waals surface area contributed by atoms with Crippen LogP contribution < -0.4 is 9.80 Å². The summed E-state index contributed by atoms with van der Waals surface area (Å²) in [5.41, 5.74) is 15.6. The first-order chi connectivity index (χ1) is 29.5. The number of para-hydroxylation sites is 4. The van der Waals surface area contributed by atoms with Crippen LogP contribution in [0.2, 0.25) is 0 Å². The SMILES string of the molecule is C=CC(=C)N(c1ccc(-c2ccc(N(C(C)=CC)c3ccc4c(c3)c3ccccc3n4-c3ccccc3)cc2)cc1)c1ccc2c(c1)c1ccccc1n2-c1ccccc1. The fraction of sp³-hybridized carbons (Fsp3) is 0.0357. The molecule has 0 radical (unpaired) electrons. The average Bonchev–Trinajstić information content (AvgIpc) is 3.82. The van der Waals surface area contributed by atoms with Gasteiger partial charge in [0, 0.05) is 67.1 Å². The maximum atomic E-state index is 4.41. The molecule has 0 bridgehead atoms. The number of nitrogens with zero attached hydrogens (tertiary/aromatic N) is 4. The topological polar surface area (TPSA) is 16.3 Å². The average molecular weight is 773 g/mol. The molecule has 2 aromatic heterocycles. The van der Waals surface area contributed by atoms with Gasteiger partial charge in [0.1, 0.15) is 0 Å². The van der Waals surface area contributed by atoms with Crippen molar-refractivity contribution < 1.29 is 0 Å². The second-order valence-corrected chi connectivity index (χ2v) is 15.2. The summed E-state index contributed by atoms with van der Waals surface area (Å²) in [6.45, 7) is 12.8. The van der Waals surface area contributed by atoms with E-state index >= 15 is 0 Å². The van der Waals surface area contributed by atoms with Gasteiger partial charge in [-0.15, -0.1) is 0 Å². The van der Waals surface area contributed by atoms with E-state index in [9.17, 15) is 0 Å². The van der Waals surface area contributed by atoms with Crippen molar-refractivity contribution in [1.29, 1.82) is 0 Å². The second kappa shape index (κ2) is 15.2. The van der Waals surface area contributed by atoms with Gasteiger partial charge < -0.3 is 18.9 Å². The minimum absolute atomic E-state index is 0.806. The molecule has 0 amide bonds. The number of hydrogen-bond donors (Lipinski definition) is 0. The lowest BCUT2D eigenvalue weighted by atomic mass is 10.0. The third kappa shape index (κ3) is 6.18. The number of anilines is 4. The highest BCUT2D eigenvalue weighted by atomic mass is 15.2. The Morgan fingerprint density at radius 2 is 0.817 bits per heavy atom. The summed E-state index contributed by atoms with van der Waals surface area (Å²) in [5.74, 6) is 0. The number of aromatic nitrogens is 2. The Hall–Kier alpha value is -7.82. The molecule has 2 heterocycles. The number of rotatable bonds is 10. The van der Waals surface area contributed by atoms with Crippen molar-refractivity contribution in [3.63, 3.8) is 0 Å². The Balaban J connectivity index is 0.975. The molecule has 0 saturated carbocycles. The van der Waals surface area contributed by atoms with Crippen LogP contribution >= 0.6 is 0 Å². The van der Waals surface area contributed by atoms with Gasteiger partial charge in [-0.05, 0) is 128 Å². The van der Waals surface area contributed by atoms with Gasteiger partial charge in [0.2, 0.25) is 0 Å². The smallest absolute Gasteiger partial charge is 0.0542 e. The third-order valence-electron chi connectivity index (χ3n) is 11.7. The number of hydrogen-bond acceptors (Lipinski definition) is 2. The molecule has 4 heteroatoms. The highest BCUT2D eigenvalue weighted by Gasteiger charge is 2.19. The zero-order valence-corrected chi connectivity index (χ0v) is 33.8. The minimum Gasteiger partial charge on any atom is -0.315 e. The lowest BCUT2D eigenvalue weighted by molar-refractivity contribution is 1.14. The van der Waals surface area contributed by atoms with Gasteiger partial charge in [0.25, 0.3) is 0 Å². The Labute approximate surface area is 351 Å². The fourth-order valence-electron chi connectivity index (χ4n) is 8.77. The Bertz CT molecular complexity index is 3030. The molecule has 10 rings (SSSR count). The van der Waals surface area contributed by atoms with Crippen LogP contribution in [0.15, 0.2) is 231 Å². The van der Waals surface area contributed by atoms with Crippen molar-refractivity contribution in [2.45, 2.75) is 13.8 Å². The Morgan fingerprint density at radius 1 is 0.433 bits per heavy atom. The van der Waals surface area contributed by atoms with E-state index in [4.69, 9.17) is 0 Å². The lowest BCUT2D eigenvalue weighted by Gasteiger charge is -2.27. The summed E-state index contributed by atoms with van der Waals surface area (Å²) in [6.07, 6.45) is 3.99. The van der Waals surface area contributed by atoms with Crippen molar-refractivity contribution in [1.82, 2.24) is 9.13 Å². The quantitative estimate of drug-likeness (QED) is 0.129. The molecule has 0 aliphatic rings. The summed E-state index contributed by atoms with van der Waals surface area (Å²) in [6, 6.07) is 69.6. The van der Waals surface area contributed by atoms with Crippen molar-refractivity contribution in [2.75, 3.05) is 9.80 Å². The molecule has 0 atom stereocenters. The standard InChI is InChI=1S/C56H44N4/c1-5-39(3)57(47-33-35-55-51(37-47)49-21-13-15-23-53(49)59(55)43-17-9-7-10-18-43)45-29-25-41(26-30-45)42-27-31-46(32-28-42)58(40(4)6-2)48-34-36-56-52(38-48)50-22-14-16-24-54(50)60(56)44-19-11-8-12-20-44/h5-38H,1,3H2,2,4H3. The van der Waals surface area contributed by atoms with Gasteiger partial charge in [-0.1, -0.05) is 116 Å². The van der Waals surface area contributed by atoms with Crippen LogP contribution in [0.4, 0.5) is 22.7 Å². The van der Waals surface area contributed by atoms with E-state index in [2.05, 4.69) is 246 Å². The van der Waals surface area contributed by atoms with Gasteiger partial charge in [0.05, 0.1) is 22.1 Å². The van der Waals surface area contributed by atoms with Crippen LogP contribution in [0.1, 0.15) is 13.8 Å². The van der Waals surface area contributed by atoms with Crippen molar-refractivity contribution in [3.05, 3.63) is 231 Å². The van der Waals surface area contributed by atoms with Crippen LogP contribution in [0, 0.1) is 0 Å². The largest absolute Gasteiger partial charge is 0.315 e. The van der Waals surface area contributed by atoms with E-state index < -0.39 is 0 Å². The Morgan fingerprint density at radius 3 is 1.27 bits per heavy atom. The second-order valence-electron chi connectivity index (χ2n) is 15.2. The molecule has 288 valence electrons. The molecule has 10 aromatic rings. The highest BCUT2D eigenvalue weighted by molar-refractivity contribution is 6.11. The molecule has 0 fully saturated rings. The molecule has 0 aliphatic carbocycles. The first-order valence-corrected chi connectivity index (χ1v) is 20.4. The molecule has 0 aliphatic heterocycles. The molecule has 0 unspecified atom stereocenters. The summed E-state index contributed by atoms with van der Waals surface area (Å²) >= 11 is 0. The van der Waals surface area contributed by atoms with E-state index in [0.717, 1.165) is 62.2 Å². The summed E-state index contributed by atoms with van der Waals surface area (Å²) in [7, 11) is 0. The number of allylic oxidation sites excluding steroid dienone is 3. The van der Waals surface area contributed by atoms with Crippen LogP contribution in [-0.2, 0) is 0 Å². The molecular weight excluding hydrogens is 729 g/mol. The van der Waals surface area contributed by atoms with Crippen LogP contribution in [0.5, 0.6) is 0 Å². The van der Waals surface area contributed by atoms with Gasteiger partial charge in [-0.25, -0.2) is 0 Å². The molecule has 8 aromatic carbocycles. The van der Waals surface area contributed by atoms with E-state index in [0.29, 0.717) is 0 Å². The molecule has 4 nitrogen and oxygen atoms in total. The van der Waals surface area contributed by atoms with E-state index in [1.807, 2.05) is 6.08 Å². The normalized spacial score (nSPS) is 11.7. The maximum Gasteiger partial charge on any atom is 0.0542 e. The first kappa shape index (κ1) is 36.5. The summed E-state index contributed by atoms with van der Waals surface area (Å²) in [5, 5.41) is 4.86. The van der Waals surface area contributed by atoms with Crippen LogP contribution in [0.25, 0.3) is 66.1 Å². The summed E-state index contributed by atoms with van der Waals surface area (Å²) in [4.78, 5) is 4.52. The van der Waals surface area contributed by atoms with Crippen LogP contribution in [-0.4, -0.2) is 9.13 Å². The summed E-state index contributed by atoms with van der Waals surface area (Å²) < 4.78 is 4.70. The van der Waals surface area contributed by atoms with E-state index in [-0.39, 0.29) is 0 Å². The molecule has 0 saturated heterocycles. The predicted molar refractivity (Wildman–Crippen MR) is 256 cm³/mol. The highest BCUT2D eigenvalue weighted by Crippen LogP contribution is 2.40. The first-order valence-electron chi connectivity index (χ1n) is 20.4. The predicted octanol–water partition coefficient (Wildman–Crippen LogP) is 15.4. The Kier molecular flexibility index (Phi) is 9.23. The molecular formula is C56H44N4. The third-order valence-corrected chi connectivity index (χ3v) is 11.7. The van der Waals surface area contributed by atoms with Crippen molar-refractivity contribution >= 4 is 66.4 Å². The minimum atomic E-state index is 0.806. The number of benzene rings is 8. The van der Waals surface area contributed by atoms with Crippen molar-refractivity contribution in [3.8, 4) is 22.5 Å². The van der Waals surface area contributed by atoms with Gasteiger partial charge in [-0.3, -0.25) is 0 Å². The van der Waals surface area contributed by atoms with Gasteiger partial charge >= 0.3 is 0 Å². The van der Waals surface area contributed by atoms with Gasteiger partial charge in [-0.2, -0.15) is 0 Å². The zero-order valence-electron chi connectivity index (χ0n) is 33.8.